The van der Waals surface area contributed by atoms with Gasteiger partial charge < -0.3 is 5.84 Å². The Morgan fingerprint density at radius 3 is 2.74 bits per heavy atom. The monoisotopic (exact) mass is 296 g/mol. The molecule has 1 heterocycles. The van der Waals surface area contributed by atoms with Crippen molar-refractivity contribution in [3.63, 3.8) is 0 Å². The van der Waals surface area contributed by atoms with Crippen LogP contribution in [0, 0.1) is 5.92 Å². The molecule has 0 spiro atoms. The molecule has 0 aliphatic heterocycles. The molecule has 0 amide bonds. The number of nitrogens with zero attached hydrogens (tertiary/aromatic N) is 3. The van der Waals surface area contributed by atoms with Crippen molar-refractivity contribution in [3.8, 4) is 11.4 Å². The lowest BCUT2D eigenvalue weighted by molar-refractivity contribution is 0.631. The summed E-state index contributed by atoms with van der Waals surface area (Å²) in [6, 6.07) is 7.48. The number of nitrogen functional groups attached to an aromatic ring is 1. The summed E-state index contributed by atoms with van der Waals surface area (Å²) in [6.07, 6.45) is 1.12. The molecule has 1 aromatic carbocycles. The average Bonchev–Trinajstić information content (AvgIpc) is 2.72. The van der Waals surface area contributed by atoms with Crippen molar-refractivity contribution in [2.24, 2.45) is 5.92 Å². The highest BCUT2D eigenvalue weighted by Crippen LogP contribution is 2.27. The van der Waals surface area contributed by atoms with Gasteiger partial charge in [0.15, 0.2) is 5.82 Å². The summed E-state index contributed by atoms with van der Waals surface area (Å²) in [7, 11) is 0. The van der Waals surface area contributed by atoms with Crippen LogP contribution in [-0.4, -0.2) is 20.6 Å². The molecule has 102 valence electrons. The standard InChI is InChI=1S/C13H17ClN4S/c1-9(2)7-8-19-13-17-16-12(18(13)15)10-5-3-4-6-11(10)14/h3-6,9H,7-8,15H2,1-2H3. The largest absolute Gasteiger partial charge is 0.335 e. The number of thioether (sulfide) groups is 1. The van der Waals surface area contributed by atoms with Gasteiger partial charge in [0.25, 0.3) is 0 Å². The lowest BCUT2D eigenvalue weighted by atomic mass is 10.2. The average molecular weight is 297 g/mol. The zero-order valence-electron chi connectivity index (χ0n) is 11.0. The van der Waals surface area contributed by atoms with Crippen LogP contribution in [0.4, 0.5) is 0 Å². The van der Waals surface area contributed by atoms with E-state index >= 15 is 0 Å². The van der Waals surface area contributed by atoms with Crippen LogP contribution in [0.25, 0.3) is 11.4 Å². The molecule has 0 unspecified atom stereocenters. The van der Waals surface area contributed by atoms with Gasteiger partial charge >= 0.3 is 0 Å². The van der Waals surface area contributed by atoms with E-state index in [1.165, 1.54) is 4.68 Å². The third-order valence-corrected chi connectivity index (χ3v) is 4.01. The normalized spacial score (nSPS) is 11.2. The molecule has 0 aliphatic carbocycles. The first kappa shape index (κ1) is 14.2. The zero-order chi connectivity index (χ0) is 13.8. The van der Waals surface area contributed by atoms with Crippen molar-refractivity contribution in [1.82, 2.24) is 14.9 Å². The third kappa shape index (κ3) is 3.42. The minimum atomic E-state index is 0.595. The quantitative estimate of drug-likeness (QED) is 0.678. The fraction of sp³-hybridized carbons (Fsp3) is 0.385. The van der Waals surface area contributed by atoms with Crippen LogP contribution in [0.1, 0.15) is 20.3 Å². The van der Waals surface area contributed by atoms with Gasteiger partial charge in [-0.15, -0.1) is 10.2 Å². The lowest BCUT2D eigenvalue weighted by Gasteiger charge is -2.06. The number of nitrogens with two attached hydrogens (primary N) is 1. The van der Waals surface area contributed by atoms with Gasteiger partial charge in [0, 0.05) is 11.3 Å². The Hall–Kier alpha value is -1.20. The predicted octanol–water partition coefficient (Wildman–Crippen LogP) is 3.45. The molecule has 0 radical (unpaired) electrons. The molecule has 2 N–H and O–H groups in total. The maximum absolute atomic E-state index is 6.14. The van der Waals surface area contributed by atoms with Crippen LogP contribution in [-0.2, 0) is 0 Å². The van der Waals surface area contributed by atoms with Gasteiger partial charge in [0.1, 0.15) is 0 Å². The van der Waals surface area contributed by atoms with Gasteiger partial charge in [-0.05, 0) is 24.5 Å². The summed E-state index contributed by atoms with van der Waals surface area (Å²) in [5.74, 6) is 8.28. The van der Waals surface area contributed by atoms with Crippen LogP contribution in [0.3, 0.4) is 0 Å². The fourth-order valence-corrected chi connectivity index (χ4v) is 2.90. The van der Waals surface area contributed by atoms with Crippen molar-refractivity contribution < 1.29 is 0 Å². The molecule has 4 nitrogen and oxygen atoms in total. The van der Waals surface area contributed by atoms with Crippen LogP contribution in [0.5, 0.6) is 0 Å². The first-order valence-corrected chi connectivity index (χ1v) is 7.54. The second-order valence-electron chi connectivity index (χ2n) is 4.69. The SMILES string of the molecule is CC(C)CCSc1nnc(-c2ccccc2Cl)n1N. The highest BCUT2D eigenvalue weighted by molar-refractivity contribution is 7.99. The summed E-state index contributed by atoms with van der Waals surface area (Å²) in [5.41, 5.74) is 0.801. The van der Waals surface area contributed by atoms with E-state index in [0.29, 0.717) is 16.8 Å². The Morgan fingerprint density at radius 1 is 1.32 bits per heavy atom. The van der Waals surface area contributed by atoms with Crippen LogP contribution in [0.2, 0.25) is 5.02 Å². The number of hydrogen-bond donors (Lipinski definition) is 1. The number of halogens is 1. The number of rotatable bonds is 5. The van der Waals surface area contributed by atoms with E-state index in [1.54, 1.807) is 11.8 Å². The molecule has 2 rings (SSSR count). The molecule has 0 atom stereocenters. The first-order chi connectivity index (χ1) is 9.09. The molecule has 1 aromatic heterocycles. The number of benzene rings is 1. The Morgan fingerprint density at radius 2 is 2.05 bits per heavy atom. The highest BCUT2D eigenvalue weighted by Gasteiger charge is 2.14. The van der Waals surface area contributed by atoms with Crippen LogP contribution in [0.15, 0.2) is 29.4 Å². The van der Waals surface area contributed by atoms with Crippen LogP contribution >= 0.6 is 23.4 Å². The van der Waals surface area contributed by atoms with Gasteiger partial charge in [-0.2, -0.15) is 0 Å². The fourth-order valence-electron chi connectivity index (χ4n) is 1.59. The minimum absolute atomic E-state index is 0.595. The molecule has 2 aromatic rings. The summed E-state index contributed by atoms with van der Waals surface area (Å²) in [6.45, 7) is 4.39. The van der Waals surface area contributed by atoms with E-state index in [0.717, 1.165) is 22.9 Å². The van der Waals surface area contributed by atoms with E-state index in [9.17, 15) is 0 Å². The molecule has 0 saturated carbocycles. The van der Waals surface area contributed by atoms with Crippen molar-refractivity contribution in [1.29, 1.82) is 0 Å². The van der Waals surface area contributed by atoms with E-state index in [1.807, 2.05) is 24.3 Å². The number of aromatic nitrogens is 3. The van der Waals surface area contributed by atoms with Crippen molar-refractivity contribution in [2.75, 3.05) is 11.6 Å². The second kappa shape index (κ2) is 6.30. The van der Waals surface area contributed by atoms with Gasteiger partial charge in [-0.1, -0.05) is 49.3 Å². The maximum atomic E-state index is 6.14. The Kier molecular flexibility index (Phi) is 4.71. The molecule has 0 aliphatic rings. The summed E-state index contributed by atoms with van der Waals surface area (Å²) >= 11 is 7.76. The van der Waals surface area contributed by atoms with Gasteiger partial charge in [-0.3, -0.25) is 0 Å². The summed E-state index contributed by atoms with van der Waals surface area (Å²) in [4.78, 5) is 0. The molecular formula is C13H17ClN4S. The maximum Gasteiger partial charge on any atom is 0.210 e. The molecule has 19 heavy (non-hydrogen) atoms. The van der Waals surface area contributed by atoms with Gasteiger partial charge in [0.05, 0.1) is 5.02 Å². The number of hydrogen-bond acceptors (Lipinski definition) is 4. The van der Waals surface area contributed by atoms with Gasteiger partial charge in [0.2, 0.25) is 5.16 Å². The van der Waals surface area contributed by atoms with Crippen molar-refractivity contribution >= 4 is 23.4 Å². The topological polar surface area (TPSA) is 56.7 Å². The zero-order valence-corrected chi connectivity index (χ0v) is 12.6. The molecule has 6 heteroatoms. The predicted molar refractivity (Wildman–Crippen MR) is 80.8 cm³/mol. The lowest BCUT2D eigenvalue weighted by Crippen LogP contribution is -2.12. The Labute approximate surface area is 122 Å². The van der Waals surface area contributed by atoms with Crippen LogP contribution < -0.4 is 5.84 Å². The molecule has 0 fully saturated rings. The third-order valence-electron chi connectivity index (χ3n) is 2.71. The van der Waals surface area contributed by atoms with E-state index in [-0.39, 0.29) is 0 Å². The van der Waals surface area contributed by atoms with E-state index in [4.69, 9.17) is 17.4 Å². The minimum Gasteiger partial charge on any atom is -0.335 e. The van der Waals surface area contributed by atoms with Gasteiger partial charge in [-0.25, -0.2) is 4.68 Å². The molecule has 0 bridgehead atoms. The molecular weight excluding hydrogens is 280 g/mol. The van der Waals surface area contributed by atoms with E-state index < -0.39 is 0 Å². The van der Waals surface area contributed by atoms with Crippen molar-refractivity contribution in [2.45, 2.75) is 25.4 Å². The second-order valence-corrected chi connectivity index (χ2v) is 6.16. The highest BCUT2D eigenvalue weighted by atomic mass is 35.5. The summed E-state index contributed by atoms with van der Waals surface area (Å²) in [5, 5.41) is 9.59. The van der Waals surface area contributed by atoms with E-state index in [2.05, 4.69) is 24.0 Å². The van der Waals surface area contributed by atoms with Crippen molar-refractivity contribution in [3.05, 3.63) is 29.3 Å². The Bertz CT molecular complexity index is 553. The molecule has 0 saturated heterocycles. The Balaban J connectivity index is 2.17. The smallest absolute Gasteiger partial charge is 0.210 e. The summed E-state index contributed by atoms with van der Waals surface area (Å²) < 4.78 is 1.51. The first-order valence-electron chi connectivity index (χ1n) is 6.17.